The Bertz CT molecular complexity index is 649. The molecule has 90 valence electrons. The van der Waals surface area contributed by atoms with Crippen molar-refractivity contribution in [2.75, 3.05) is 5.32 Å². The summed E-state index contributed by atoms with van der Waals surface area (Å²) in [6.07, 6.45) is 1.81. The van der Waals surface area contributed by atoms with Crippen LogP contribution >= 0.6 is 11.3 Å². The Morgan fingerprint density at radius 1 is 1.22 bits per heavy atom. The first kappa shape index (κ1) is 11.2. The molecule has 0 saturated carbocycles. The summed E-state index contributed by atoms with van der Waals surface area (Å²) in [6, 6.07) is 10.4. The van der Waals surface area contributed by atoms with Crippen molar-refractivity contribution in [2.24, 2.45) is 0 Å². The van der Waals surface area contributed by atoms with Gasteiger partial charge in [0.2, 0.25) is 0 Å². The van der Waals surface area contributed by atoms with Crippen molar-refractivity contribution in [1.29, 1.82) is 0 Å². The molecule has 3 rings (SSSR count). The fourth-order valence-corrected chi connectivity index (χ4v) is 2.57. The Labute approximate surface area is 110 Å². The van der Waals surface area contributed by atoms with Crippen LogP contribution < -0.4 is 5.32 Å². The van der Waals surface area contributed by atoms with Crippen molar-refractivity contribution in [1.82, 2.24) is 9.97 Å². The van der Waals surface area contributed by atoms with Gasteiger partial charge in [-0.3, -0.25) is 4.98 Å². The van der Waals surface area contributed by atoms with Crippen molar-refractivity contribution >= 4 is 27.9 Å². The molecule has 0 aliphatic carbocycles. The van der Waals surface area contributed by atoms with Crippen LogP contribution in [0.25, 0.3) is 10.9 Å². The van der Waals surface area contributed by atoms with Gasteiger partial charge in [-0.05, 0) is 31.2 Å². The van der Waals surface area contributed by atoms with E-state index < -0.39 is 0 Å². The van der Waals surface area contributed by atoms with Gasteiger partial charge in [-0.2, -0.15) is 0 Å². The molecular formula is C14H13N3S. The summed E-state index contributed by atoms with van der Waals surface area (Å²) in [5.74, 6) is 0. The molecule has 1 unspecified atom stereocenters. The quantitative estimate of drug-likeness (QED) is 0.772. The van der Waals surface area contributed by atoms with E-state index in [1.165, 1.54) is 0 Å². The Morgan fingerprint density at radius 3 is 3.00 bits per heavy atom. The minimum Gasteiger partial charge on any atom is -0.377 e. The first-order valence-corrected chi connectivity index (χ1v) is 6.76. The van der Waals surface area contributed by atoms with Crippen LogP contribution in [0.5, 0.6) is 0 Å². The number of rotatable bonds is 3. The maximum absolute atomic E-state index is 4.32. The van der Waals surface area contributed by atoms with Crippen LogP contribution in [0, 0.1) is 0 Å². The third-order valence-electron chi connectivity index (χ3n) is 2.88. The highest BCUT2D eigenvalue weighted by molar-refractivity contribution is 7.07. The Balaban J connectivity index is 1.86. The number of fused-ring (bicyclic) bond motifs is 1. The van der Waals surface area contributed by atoms with Gasteiger partial charge in [-0.1, -0.05) is 6.07 Å². The molecule has 1 N–H and O–H groups in total. The van der Waals surface area contributed by atoms with Gasteiger partial charge in [-0.25, -0.2) is 4.98 Å². The van der Waals surface area contributed by atoms with Gasteiger partial charge in [0.1, 0.15) is 0 Å². The van der Waals surface area contributed by atoms with Gasteiger partial charge in [-0.15, -0.1) is 11.3 Å². The smallest absolute Gasteiger partial charge is 0.0795 e. The lowest BCUT2D eigenvalue weighted by atomic mass is 10.2. The molecule has 2 aromatic heterocycles. The third-order valence-corrected chi connectivity index (χ3v) is 3.49. The SMILES string of the molecule is CC(Nc1ccc2ncccc2c1)c1cscn1. The number of hydrogen-bond donors (Lipinski definition) is 1. The van der Waals surface area contributed by atoms with E-state index in [9.17, 15) is 0 Å². The first-order chi connectivity index (χ1) is 8.83. The largest absolute Gasteiger partial charge is 0.377 e. The second-order valence-corrected chi connectivity index (χ2v) is 4.91. The summed E-state index contributed by atoms with van der Waals surface area (Å²) in [6.45, 7) is 2.11. The highest BCUT2D eigenvalue weighted by Gasteiger charge is 2.07. The fraction of sp³-hybridized carbons (Fsp3) is 0.143. The molecule has 2 heterocycles. The number of aromatic nitrogens is 2. The standard InChI is InChI=1S/C14H13N3S/c1-10(14-8-18-9-16-14)17-12-4-5-13-11(7-12)3-2-6-15-13/h2-10,17H,1H3. The maximum Gasteiger partial charge on any atom is 0.0795 e. The van der Waals surface area contributed by atoms with Gasteiger partial charge in [0.15, 0.2) is 0 Å². The summed E-state index contributed by atoms with van der Waals surface area (Å²) in [7, 11) is 0. The molecule has 0 bridgehead atoms. The molecule has 0 aliphatic heterocycles. The fourth-order valence-electron chi connectivity index (χ4n) is 1.93. The van der Waals surface area contributed by atoms with E-state index >= 15 is 0 Å². The van der Waals surface area contributed by atoms with Crippen LogP contribution in [0.2, 0.25) is 0 Å². The van der Waals surface area contributed by atoms with E-state index in [1.54, 1.807) is 11.3 Å². The van der Waals surface area contributed by atoms with Crippen LogP contribution in [-0.4, -0.2) is 9.97 Å². The lowest BCUT2D eigenvalue weighted by molar-refractivity contribution is 0.850. The topological polar surface area (TPSA) is 37.8 Å². The van der Waals surface area contributed by atoms with Gasteiger partial charge < -0.3 is 5.32 Å². The minimum absolute atomic E-state index is 0.213. The van der Waals surface area contributed by atoms with Crippen molar-refractivity contribution in [3.05, 3.63) is 53.1 Å². The number of nitrogens with zero attached hydrogens (tertiary/aromatic N) is 2. The zero-order chi connectivity index (χ0) is 12.4. The van der Waals surface area contributed by atoms with E-state index in [0.29, 0.717) is 0 Å². The van der Waals surface area contributed by atoms with Crippen LogP contribution in [0.4, 0.5) is 5.69 Å². The average molecular weight is 255 g/mol. The lowest BCUT2D eigenvalue weighted by Crippen LogP contribution is -2.06. The normalized spacial score (nSPS) is 12.5. The molecule has 0 spiro atoms. The average Bonchev–Trinajstić information content (AvgIpc) is 2.92. The molecular weight excluding hydrogens is 242 g/mol. The highest BCUT2D eigenvalue weighted by atomic mass is 32.1. The molecule has 1 atom stereocenters. The second kappa shape index (κ2) is 4.74. The molecule has 0 amide bonds. The van der Waals surface area contributed by atoms with Crippen LogP contribution in [0.15, 0.2) is 47.4 Å². The predicted molar refractivity (Wildman–Crippen MR) is 75.9 cm³/mol. The van der Waals surface area contributed by atoms with Crippen molar-refractivity contribution in [2.45, 2.75) is 13.0 Å². The molecule has 0 aliphatic rings. The molecule has 3 aromatic rings. The summed E-state index contributed by atoms with van der Waals surface area (Å²) in [5.41, 5.74) is 5.05. The summed E-state index contributed by atoms with van der Waals surface area (Å²) >= 11 is 1.62. The first-order valence-electron chi connectivity index (χ1n) is 5.82. The number of thiazole rings is 1. The van der Waals surface area contributed by atoms with Gasteiger partial charge in [0.25, 0.3) is 0 Å². The van der Waals surface area contributed by atoms with Crippen LogP contribution in [0.3, 0.4) is 0 Å². The lowest BCUT2D eigenvalue weighted by Gasteiger charge is -2.13. The van der Waals surface area contributed by atoms with Gasteiger partial charge >= 0.3 is 0 Å². The molecule has 1 aromatic carbocycles. The van der Waals surface area contributed by atoms with E-state index in [-0.39, 0.29) is 6.04 Å². The highest BCUT2D eigenvalue weighted by Crippen LogP contribution is 2.22. The second-order valence-electron chi connectivity index (χ2n) is 4.19. The Kier molecular flexibility index (Phi) is 2.94. The number of nitrogens with one attached hydrogen (secondary N) is 1. The number of pyridine rings is 1. The summed E-state index contributed by atoms with van der Waals surface area (Å²) in [5, 5.41) is 6.67. The predicted octanol–water partition coefficient (Wildman–Crippen LogP) is 3.86. The zero-order valence-electron chi connectivity index (χ0n) is 10.00. The third kappa shape index (κ3) is 2.19. The van der Waals surface area contributed by atoms with Crippen LogP contribution in [-0.2, 0) is 0 Å². The number of anilines is 1. The molecule has 0 fully saturated rings. The van der Waals surface area contributed by atoms with Gasteiger partial charge in [0.05, 0.1) is 22.8 Å². The van der Waals surface area contributed by atoms with E-state index in [2.05, 4.69) is 45.8 Å². The van der Waals surface area contributed by atoms with E-state index in [0.717, 1.165) is 22.3 Å². The maximum atomic E-state index is 4.32. The molecule has 0 radical (unpaired) electrons. The number of benzene rings is 1. The van der Waals surface area contributed by atoms with E-state index in [1.807, 2.05) is 23.8 Å². The zero-order valence-corrected chi connectivity index (χ0v) is 10.8. The van der Waals surface area contributed by atoms with Crippen LogP contribution in [0.1, 0.15) is 18.7 Å². The minimum atomic E-state index is 0.213. The summed E-state index contributed by atoms with van der Waals surface area (Å²) < 4.78 is 0. The van der Waals surface area contributed by atoms with E-state index in [4.69, 9.17) is 0 Å². The number of hydrogen-bond acceptors (Lipinski definition) is 4. The molecule has 18 heavy (non-hydrogen) atoms. The molecule has 3 nitrogen and oxygen atoms in total. The summed E-state index contributed by atoms with van der Waals surface area (Å²) in [4.78, 5) is 8.63. The Hall–Kier alpha value is -1.94. The van der Waals surface area contributed by atoms with Crippen molar-refractivity contribution < 1.29 is 0 Å². The molecule has 4 heteroatoms. The molecule has 0 saturated heterocycles. The van der Waals surface area contributed by atoms with Crippen molar-refractivity contribution in [3.63, 3.8) is 0 Å². The Morgan fingerprint density at radius 2 is 2.17 bits per heavy atom. The van der Waals surface area contributed by atoms with Crippen molar-refractivity contribution in [3.8, 4) is 0 Å². The van der Waals surface area contributed by atoms with Gasteiger partial charge in [0, 0.05) is 22.7 Å². The monoisotopic (exact) mass is 255 g/mol.